The number of hydrogen-bond acceptors (Lipinski definition) is 3. The normalized spacial score (nSPS) is 24.8. The molecule has 7 heteroatoms. The lowest BCUT2D eigenvalue weighted by Gasteiger charge is -2.34. The molecule has 0 saturated carbocycles. The third-order valence-electron chi connectivity index (χ3n) is 5.03. The van der Waals surface area contributed by atoms with Gasteiger partial charge in [0.1, 0.15) is 12.1 Å². The van der Waals surface area contributed by atoms with Gasteiger partial charge in [0.2, 0.25) is 11.8 Å². The van der Waals surface area contributed by atoms with E-state index >= 15 is 0 Å². The maximum atomic E-state index is 12.5. The molecular formula is C19H26N4O3. The second-order valence-electron chi connectivity index (χ2n) is 6.94. The van der Waals surface area contributed by atoms with Crippen LogP contribution in [-0.4, -0.2) is 47.4 Å². The number of amides is 4. The number of carbonyl (C=O) groups excluding carboxylic acids is 3. The zero-order valence-corrected chi connectivity index (χ0v) is 15.2. The Bertz CT molecular complexity index is 689. The highest BCUT2D eigenvalue weighted by Crippen LogP contribution is 2.24. The van der Waals surface area contributed by atoms with E-state index in [-0.39, 0.29) is 23.9 Å². The topological polar surface area (TPSA) is 90.5 Å². The standard InChI is InChI=1S/C19H26N4O3/c1-3-5-15-18(25)23-11-14(10-16(23)17(24)22-15)21-19(26)20-13-8-6-12(4-2)7-9-13/h6-9,14-16H,3-5,10-11H2,1-2H3,(H,22,24)(H2,20,21,26)/t14-,15-,16-/m0/s1. The van der Waals surface area contributed by atoms with Crippen LogP contribution in [0.1, 0.15) is 38.7 Å². The predicted octanol–water partition coefficient (Wildman–Crippen LogP) is 1.64. The van der Waals surface area contributed by atoms with E-state index in [9.17, 15) is 14.4 Å². The Balaban J connectivity index is 1.57. The molecule has 4 amide bonds. The number of benzene rings is 1. The third-order valence-corrected chi connectivity index (χ3v) is 5.03. The minimum absolute atomic E-state index is 0.0451. The van der Waals surface area contributed by atoms with Crippen molar-refractivity contribution in [3.8, 4) is 0 Å². The number of rotatable bonds is 5. The van der Waals surface area contributed by atoms with E-state index in [2.05, 4.69) is 22.9 Å². The SMILES string of the molecule is CCC[C@@H]1NC(=O)[C@@H]2C[C@H](NC(=O)Nc3ccc(CC)cc3)CN2C1=O. The van der Waals surface area contributed by atoms with Gasteiger partial charge in [-0.3, -0.25) is 9.59 Å². The van der Waals surface area contributed by atoms with Crippen LogP contribution in [0.5, 0.6) is 0 Å². The predicted molar refractivity (Wildman–Crippen MR) is 98.7 cm³/mol. The van der Waals surface area contributed by atoms with E-state index < -0.39 is 12.1 Å². The second kappa shape index (κ2) is 7.76. The quantitative estimate of drug-likeness (QED) is 0.747. The first-order valence-corrected chi connectivity index (χ1v) is 9.29. The highest BCUT2D eigenvalue weighted by molar-refractivity contribution is 5.98. The summed E-state index contributed by atoms with van der Waals surface area (Å²) in [5.41, 5.74) is 1.92. The first kappa shape index (κ1) is 18.2. The summed E-state index contributed by atoms with van der Waals surface area (Å²) < 4.78 is 0. The van der Waals surface area contributed by atoms with Crippen molar-refractivity contribution in [2.75, 3.05) is 11.9 Å². The number of carbonyl (C=O) groups is 3. The van der Waals surface area contributed by atoms with Gasteiger partial charge in [0.05, 0.1) is 6.04 Å². The lowest BCUT2D eigenvalue weighted by molar-refractivity contribution is -0.147. The van der Waals surface area contributed by atoms with Crippen molar-refractivity contribution in [1.82, 2.24) is 15.5 Å². The Kier molecular flexibility index (Phi) is 5.44. The Morgan fingerprint density at radius 1 is 1.23 bits per heavy atom. The van der Waals surface area contributed by atoms with Crippen LogP contribution in [0.25, 0.3) is 0 Å². The van der Waals surface area contributed by atoms with Gasteiger partial charge >= 0.3 is 6.03 Å². The highest BCUT2D eigenvalue weighted by Gasteiger charge is 2.46. The molecule has 0 aromatic heterocycles. The smallest absolute Gasteiger partial charge is 0.319 e. The van der Waals surface area contributed by atoms with E-state index in [4.69, 9.17) is 0 Å². The Hall–Kier alpha value is -2.57. The van der Waals surface area contributed by atoms with Crippen LogP contribution in [0.4, 0.5) is 10.5 Å². The summed E-state index contributed by atoms with van der Waals surface area (Å²) in [6, 6.07) is 6.20. The summed E-state index contributed by atoms with van der Waals surface area (Å²) >= 11 is 0. The zero-order valence-electron chi connectivity index (χ0n) is 15.2. The summed E-state index contributed by atoms with van der Waals surface area (Å²) in [5.74, 6) is -0.167. The number of nitrogens with zero attached hydrogens (tertiary/aromatic N) is 1. The molecule has 3 rings (SSSR count). The van der Waals surface area contributed by atoms with E-state index in [1.807, 2.05) is 31.2 Å². The lowest BCUT2D eigenvalue weighted by Crippen LogP contribution is -2.61. The molecule has 2 saturated heterocycles. The molecule has 3 N–H and O–H groups in total. The first-order valence-electron chi connectivity index (χ1n) is 9.29. The van der Waals surface area contributed by atoms with Gasteiger partial charge in [-0.05, 0) is 37.0 Å². The molecule has 3 atom stereocenters. The van der Waals surface area contributed by atoms with Crippen LogP contribution in [-0.2, 0) is 16.0 Å². The van der Waals surface area contributed by atoms with Crippen molar-refractivity contribution in [3.63, 3.8) is 0 Å². The van der Waals surface area contributed by atoms with Crippen molar-refractivity contribution in [2.24, 2.45) is 0 Å². The van der Waals surface area contributed by atoms with Crippen molar-refractivity contribution in [2.45, 2.75) is 57.7 Å². The molecule has 0 spiro atoms. The second-order valence-corrected chi connectivity index (χ2v) is 6.94. The monoisotopic (exact) mass is 358 g/mol. The molecular weight excluding hydrogens is 332 g/mol. The van der Waals surface area contributed by atoms with Gasteiger partial charge in [0.25, 0.3) is 0 Å². The van der Waals surface area contributed by atoms with Crippen LogP contribution in [0, 0.1) is 0 Å². The maximum Gasteiger partial charge on any atom is 0.319 e. The molecule has 2 aliphatic rings. The van der Waals surface area contributed by atoms with Crippen LogP contribution in [0.15, 0.2) is 24.3 Å². The number of urea groups is 1. The molecule has 0 aliphatic carbocycles. The van der Waals surface area contributed by atoms with Gasteiger partial charge in [-0.1, -0.05) is 32.4 Å². The summed E-state index contributed by atoms with van der Waals surface area (Å²) in [7, 11) is 0. The lowest BCUT2D eigenvalue weighted by atomic mass is 10.0. The third kappa shape index (κ3) is 3.81. The largest absolute Gasteiger partial charge is 0.343 e. The van der Waals surface area contributed by atoms with Crippen LogP contribution in [0.3, 0.4) is 0 Å². The van der Waals surface area contributed by atoms with Gasteiger partial charge in [0, 0.05) is 12.2 Å². The van der Waals surface area contributed by atoms with Crippen LogP contribution < -0.4 is 16.0 Å². The molecule has 26 heavy (non-hydrogen) atoms. The molecule has 2 heterocycles. The maximum absolute atomic E-state index is 12.5. The fourth-order valence-corrected chi connectivity index (χ4v) is 3.62. The zero-order chi connectivity index (χ0) is 18.7. The van der Waals surface area contributed by atoms with E-state index in [1.165, 1.54) is 5.56 Å². The molecule has 0 bridgehead atoms. The van der Waals surface area contributed by atoms with E-state index in [1.54, 1.807) is 4.90 Å². The van der Waals surface area contributed by atoms with E-state index in [0.717, 1.165) is 12.8 Å². The minimum atomic E-state index is -0.482. The molecule has 140 valence electrons. The average Bonchev–Trinajstić information content (AvgIpc) is 3.05. The van der Waals surface area contributed by atoms with Crippen molar-refractivity contribution in [1.29, 1.82) is 0 Å². The van der Waals surface area contributed by atoms with Gasteiger partial charge in [-0.15, -0.1) is 0 Å². The van der Waals surface area contributed by atoms with E-state index in [0.29, 0.717) is 25.1 Å². The van der Waals surface area contributed by atoms with Gasteiger partial charge < -0.3 is 20.9 Å². The Morgan fingerprint density at radius 3 is 2.62 bits per heavy atom. The number of nitrogens with one attached hydrogen (secondary N) is 3. The molecule has 2 aliphatic heterocycles. The van der Waals surface area contributed by atoms with Crippen molar-refractivity contribution in [3.05, 3.63) is 29.8 Å². The molecule has 1 aromatic rings. The number of fused-ring (bicyclic) bond motifs is 1. The molecule has 1 aromatic carbocycles. The Morgan fingerprint density at radius 2 is 1.96 bits per heavy atom. The highest BCUT2D eigenvalue weighted by atomic mass is 16.2. The summed E-state index contributed by atoms with van der Waals surface area (Å²) in [6.07, 6.45) is 2.86. The molecule has 7 nitrogen and oxygen atoms in total. The van der Waals surface area contributed by atoms with Crippen molar-refractivity contribution < 1.29 is 14.4 Å². The number of piperazine rings is 1. The molecule has 0 unspecified atom stereocenters. The molecule has 0 radical (unpaired) electrons. The van der Waals surface area contributed by atoms with Crippen molar-refractivity contribution >= 4 is 23.5 Å². The summed E-state index contributed by atoms with van der Waals surface area (Å²) in [4.78, 5) is 38.6. The summed E-state index contributed by atoms with van der Waals surface area (Å²) in [6.45, 7) is 4.43. The van der Waals surface area contributed by atoms with Gasteiger partial charge in [-0.2, -0.15) is 0 Å². The van der Waals surface area contributed by atoms with Crippen LogP contribution in [0.2, 0.25) is 0 Å². The fourth-order valence-electron chi connectivity index (χ4n) is 3.62. The Labute approximate surface area is 153 Å². The van der Waals surface area contributed by atoms with Gasteiger partial charge in [0.15, 0.2) is 0 Å². The number of anilines is 1. The van der Waals surface area contributed by atoms with Gasteiger partial charge in [-0.25, -0.2) is 4.79 Å². The number of aryl methyl sites for hydroxylation is 1. The number of hydrogen-bond donors (Lipinski definition) is 3. The first-order chi connectivity index (χ1) is 12.5. The minimum Gasteiger partial charge on any atom is -0.343 e. The van der Waals surface area contributed by atoms with Crippen LogP contribution >= 0.6 is 0 Å². The molecule has 2 fully saturated rings. The summed E-state index contributed by atoms with van der Waals surface area (Å²) in [5, 5.41) is 8.48. The fraction of sp³-hybridized carbons (Fsp3) is 0.526. The average molecular weight is 358 g/mol.